The van der Waals surface area contributed by atoms with Gasteiger partial charge in [-0.15, -0.1) is 36.2 Å². The Labute approximate surface area is 137 Å². The average molecular weight is 340 g/mol. The van der Waals surface area contributed by atoms with Gasteiger partial charge in [0.25, 0.3) is 5.91 Å². The van der Waals surface area contributed by atoms with Crippen LogP contribution in [0.4, 0.5) is 0 Å². The zero-order valence-electron chi connectivity index (χ0n) is 11.9. The van der Waals surface area contributed by atoms with Gasteiger partial charge in [0.15, 0.2) is 0 Å². The molecular weight excluding hydrogens is 317 g/mol. The third-order valence-corrected chi connectivity index (χ3v) is 4.36. The highest BCUT2D eigenvalue weighted by atomic mass is 35.5. The van der Waals surface area contributed by atoms with Crippen LogP contribution < -0.4 is 10.6 Å². The Balaban J connectivity index is 0.00000180. The Morgan fingerprint density at radius 1 is 1.50 bits per heavy atom. The summed E-state index contributed by atoms with van der Waals surface area (Å²) in [5, 5.41) is 7.48. The second kappa shape index (κ2) is 9.55. The number of hydrogen-bond donors (Lipinski definition) is 2. The van der Waals surface area contributed by atoms with Crippen molar-refractivity contribution >= 4 is 42.1 Å². The Morgan fingerprint density at radius 3 is 2.85 bits per heavy atom. The van der Waals surface area contributed by atoms with E-state index in [1.807, 2.05) is 6.92 Å². The van der Waals surface area contributed by atoms with Gasteiger partial charge >= 0.3 is 0 Å². The minimum atomic E-state index is 0. The fraction of sp³-hybridized carbons (Fsp3) is 0.692. The molecule has 1 fully saturated rings. The van der Waals surface area contributed by atoms with Gasteiger partial charge in [-0.2, -0.15) is 0 Å². The summed E-state index contributed by atoms with van der Waals surface area (Å²) in [6.45, 7) is 5.99. The summed E-state index contributed by atoms with van der Waals surface area (Å²) >= 11 is 1.54. The van der Waals surface area contributed by atoms with Gasteiger partial charge < -0.3 is 10.6 Å². The Bertz CT molecular complexity index is 420. The maximum absolute atomic E-state index is 12.2. The molecule has 4 nitrogen and oxygen atoms in total. The number of nitrogens with zero attached hydrogens (tertiary/aromatic N) is 1. The Kier molecular flexibility index (Phi) is 9.38. The van der Waals surface area contributed by atoms with Gasteiger partial charge in [0, 0.05) is 12.6 Å². The number of carbonyl (C=O) groups is 1. The van der Waals surface area contributed by atoms with E-state index in [1.54, 1.807) is 0 Å². The molecule has 0 aliphatic carbocycles. The first-order valence-corrected chi connectivity index (χ1v) is 7.50. The summed E-state index contributed by atoms with van der Waals surface area (Å²) in [5.41, 5.74) is 0.865. The molecule has 2 rings (SSSR count). The normalized spacial score (nSPS) is 17.8. The highest BCUT2D eigenvalue weighted by Gasteiger charge is 2.19. The largest absolute Gasteiger partial charge is 0.347 e. The molecule has 1 aliphatic rings. The SMILES string of the molecule is CCCc1nc(C)c(C(=O)NC2CCCNC2)s1.Cl.Cl. The molecule has 1 amide bonds. The molecule has 1 unspecified atom stereocenters. The zero-order chi connectivity index (χ0) is 13.0. The van der Waals surface area contributed by atoms with E-state index in [9.17, 15) is 4.79 Å². The predicted octanol–water partition coefficient (Wildman–Crippen LogP) is 2.73. The topological polar surface area (TPSA) is 54.0 Å². The van der Waals surface area contributed by atoms with Crippen molar-refractivity contribution < 1.29 is 4.79 Å². The molecule has 0 saturated carbocycles. The number of rotatable bonds is 4. The minimum Gasteiger partial charge on any atom is -0.347 e. The lowest BCUT2D eigenvalue weighted by Gasteiger charge is -2.23. The lowest BCUT2D eigenvalue weighted by Crippen LogP contribution is -2.45. The number of aromatic nitrogens is 1. The molecule has 1 atom stereocenters. The zero-order valence-corrected chi connectivity index (χ0v) is 14.3. The quantitative estimate of drug-likeness (QED) is 0.886. The molecule has 0 radical (unpaired) electrons. The molecule has 2 N–H and O–H groups in total. The van der Waals surface area contributed by atoms with E-state index in [0.717, 1.165) is 54.4 Å². The minimum absolute atomic E-state index is 0. The first kappa shape index (κ1) is 19.6. The standard InChI is InChI=1S/C13H21N3OS.2ClH/c1-3-5-11-15-9(2)12(18-11)13(17)16-10-6-4-7-14-8-10;;/h10,14H,3-8H2,1-2H3,(H,16,17);2*1H. The van der Waals surface area contributed by atoms with Crippen molar-refractivity contribution in [2.45, 2.75) is 45.6 Å². The van der Waals surface area contributed by atoms with Crippen LogP contribution in [0.1, 0.15) is 46.6 Å². The van der Waals surface area contributed by atoms with E-state index < -0.39 is 0 Å². The first-order chi connectivity index (χ1) is 8.70. The van der Waals surface area contributed by atoms with Gasteiger partial charge in [0.1, 0.15) is 4.88 Å². The van der Waals surface area contributed by atoms with Crippen molar-refractivity contribution in [2.75, 3.05) is 13.1 Å². The van der Waals surface area contributed by atoms with Crippen LogP contribution >= 0.6 is 36.2 Å². The van der Waals surface area contributed by atoms with Gasteiger partial charge in [-0.3, -0.25) is 4.79 Å². The molecule has 1 aromatic rings. The summed E-state index contributed by atoms with van der Waals surface area (Å²) in [5.74, 6) is 0.0426. The number of aryl methyl sites for hydroxylation is 2. The highest BCUT2D eigenvalue weighted by molar-refractivity contribution is 7.13. The fourth-order valence-electron chi connectivity index (χ4n) is 2.21. The molecule has 7 heteroatoms. The molecule has 0 spiro atoms. The maximum atomic E-state index is 12.2. The summed E-state index contributed by atoms with van der Waals surface area (Å²) in [6, 6.07) is 0.266. The van der Waals surface area contributed by atoms with E-state index >= 15 is 0 Å². The molecule has 0 bridgehead atoms. The van der Waals surface area contributed by atoms with Crippen LogP contribution in [-0.2, 0) is 6.42 Å². The number of thiazole rings is 1. The van der Waals surface area contributed by atoms with Gasteiger partial charge in [0.05, 0.1) is 10.7 Å². The van der Waals surface area contributed by atoms with Crippen LogP contribution in [0.15, 0.2) is 0 Å². The second-order valence-corrected chi connectivity index (χ2v) is 5.87. The van der Waals surface area contributed by atoms with Gasteiger partial charge in [-0.05, 0) is 39.2 Å². The number of piperidine rings is 1. The van der Waals surface area contributed by atoms with E-state index in [2.05, 4.69) is 22.5 Å². The highest BCUT2D eigenvalue weighted by Crippen LogP contribution is 2.19. The van der Waals surface area contributed by atoms with Crippen molar-refractivity contribution in [1.29, 1.82) is 0 Å². The van der Waals surface area contributed by atoms with Crippen LogP contribution in [0.2, 0.25) is 0 Å². The summed E-state index contributed by atoms with van der Waals surface area (Å²) in [7, 11) is 0. The smallest absolute Gasteiger partial charge is 0.263 e. The van der Waals surface area contributed by atoms with E-state index in [0.29, 0.717) is 0 Å². The van der Waals surface area contributed by atoms with Crippen molar-refractivity contribution in [3.8, 4) is 0 Å². The van der Waals surface area contributed by atoms with Crippen molar-refractivity contribution in [3.05, 3.63) is 15.6 Å². The lowest BCUT2D eigenvalue weighted by atomic mass is 10.1. The van der Waals surface area contributed by atoms with Crippen LogP contribution in [0.3, 0.4) is 0 Å². The van der Waals surface area contributed by atoms with E-state index in [-0.39, 0.29) is 36.8 Å². The summed E-state index contributed by atoms with van der Waals surface area (Å²) in [4.78, 5) is 17.4. The number of nitrogens with one attached hydrogen (secondary N) is 2. The molecule has 116 valence electrons. The summed E-state index contributed by atoms with van der Waals surface area (Å²) < 4.78 is 0. The lowest BCUT2D eigenvalue weighted by molar-refractivity contribution is 0.0934. The molecule has 1 saturated heterocycles. The number of halogens is 2. The fourth-order valence-corrected chi connectivity index (χ4v) is 3.28. The summed E-state index contributed by atoms with van der Waals surface area (Å²) in [6.07, 6.45) is 4.23. The van der Waals surface area contributed by atoms with Crippen molar-refractivity contribution in [2.24, 2.45) is 0 Å². The average Bonchev–Trinajstić information content (AvgIpc) is 2.72. The Hall–Kier alpha value is -0.360. The third kappa shape index (κ3) is 5.20. The van der Waals surface area contributed by atoms with Crippen molar-refractivity contribution in [3.63, 3.8) is 0 Å². The van der Waals surface area contributed by atoms with Crippen LogP contribution in [0, 0.1) is 6.92 Å². The van der Waals surface area contributed by atoms with E-state index in [4.69, 9.17) is 0 Å². The third-order valence-electron chi connectivity index (χ3n) is 3.14. The number of carbonyl (C=O) groups excluding carboxylic acids is 1. The van der Waals surface area contributed by atoms with Gasteiger partial charge in [0.2, 0.25) is 0 Å². The first-order valence-electron chi connectivity index (χ1n) is 6.68. The van der Waals surface area contributed by atoms with Crippen LogP contribution in [-0.4, -0.2) is 30.0 Å². The molecule has 1 aliphatic heterocycles. The monoisotopic (exact) mass is 339 g/mol. The van der Waals surface area contributed by atoms with Crippen LogP contribution in [0.25, 0.3) is 0 Å². The van der Waals surface area contributed by atoms with Crippen LogP contribution in [0.5, 0.6) is 0 Å². The predicted molar refractivity (Wildman–Crippen MR) is 88.7 cm³/mol. The molecule has 0 aromatic carbocycles. The van der Waals surface area contributed by atoms with Crippen molar-refractivity contribution in [1.82, 2.24) is 15.6 Å². The molecule has 20 heavy (non-hydrogen) atoms. The van der Waals surface area contributed by atoms with E-state index in [1.165, 1.54) is 11.3 Å². The van der Waals surface area contributed by atoms with Gasteiger partial charge in [-0.25, -0.2) is 4.98 Å². The van der Waals surface area contributed by atoms with Gasteiger partial charge in [-0.1, -0.05) is 6.92 Å². The maximum Gasteiger partial charge on any atom is 0.263 e. The Morgan fingerprint density at radius 2 is 2.25 bits per heavy atom. The number of hydrogen-bond acceptors (Lipinski definition) is 4. The molecule has 1 aromatic heterocycles. The second-order valence-electron chi connectivity index (χ2n) is 4.79. The number of amides is 1. The molecule has 2 heterocycles. The molecular formula is C13H23Cl2N3OS.